The second-order valence-corrected chi connectivity index (χ2v) is 5.92. The van der Waals surface area contributed by atoms with Gasteiger partial charge in [0.05, 0.1) is 6.54 Å². The molecule has 5 heteroatoms. The molecule has 122 valence electrons. The Labute approximate surface area is 136 Å². The molecule has 1 saturated heterocycles. The van der Waals surface area contributed by atoms with Gasteiger partial charge in [0, 0.05) is 19.0 Å². The van der Waals surface area contributed by atoms with Crippen LogP contribution in [0, 0.1) is 0 Å². The quantitative estimate of drug-likeness (QED) is 0.921. The highest BCUT2D eigenvalue weighted by Gasteiger charge is 2.22. The van der Waals surface area contributed by atoms with Crippen LogP contribution in [0.5, 0.6) is 0 Å². The van der Waals surface area contributed by atoms with E-state index in [2.05, 4.69) is 10.4 Å². The van der Waals surface area contributed by atoms with Crippen LogP contribution in [0.15, 0.2) is 41.2 Å². The van der Waals surface area contributed by atoms with E-state index >= 15 is 0 Å². The molecule has 0 amide bonds. The summed E-state index contributed by atoms with van der Waals surface area (Å²) < 4.78 is 3.39. The highest BCUT2D eigenvalue weighted by molar-refractivity contribution is 5.48. The number of benzene rings is 1. The van der Waals surface area contributed by atoms with Crippen molar-refractivity contribution in [1.82, 2.24) is 19.7 Å². The van der Waals surface area contributed by atoms with Gasteiger partial charge in [0.25, 0.3) is 0 Å². The topological polar surface area (TPSA) is 51.9 Å². The molecule has 0 aliphatic carbocycles. The zero-order valence-corrected chi connectivity index (χ0v) is 13.6. The minimum absolute atomic E-state index is 0.00853. The Kier molecular flexibility index (Phi) is 5.08. The summed E-state index contributed by atoms with van der Waals surface area (Å²) in [6.45, 7) is 5.16. The summed E-state index contributed by atoms with van der Waals surface area (Å²) in [6.07, 6.45) is 6.26. The molecule has 5 nitrogen and oxygen atoms in total. The number of allylic oxidation sites excluding steroid dienone is 1. The van der Waals surface area contributed by atoms with Gasteiger partial charge in [-0.2, -0.15) is 5.10 Å². The Hall–Kier alpha value is -2.14. The fraction of sp³-hybridized carbons (Fsp3) is 0.444. The SMILES string of the molecule is CCn1c([C@H]2CCCNC2)nn(C/C=C/c2ccccc2)c1=O. The van der Waals surface area contributed by atoms with Gasteiger partial charge in [-0.25, -0.2) is 9.48 Å². The van der Waals surface area contributed by atoms with Crippen molar-refractivity contribution in [1.29, 1.82) is 0 Å². The number of hydrogen-bond acceptors (Lipinski definition) is 3. The Morgan fingerprint density at radius 2 is 2.17 bits per heavy atom. The van der Waals surface area contributed by atoms with E-state index in [1.807, 2.05) is 54.0 Å². The standard InChI is InChI=1S/C18H24N4O/c1-2-21-17(16-11-6-12-19-14-16)20-22(18(21)23)13-7-10-15-8-4-3-5-9-15/h3-5,7-10,16,19H,2,6,11-14H2,1H3/b10-7+/t16-/m0/s1. The van der Waals surface area contributed by atoms with Crippen LogP contribution in [0.2, 0.25) is 0 Å². The molecule has 1 aromatic carbocycles. The summed E-state index contributed by atoms with van der Waals surface area (Å²) in [5.74, 6) is 1.27. The second-order valence-electron chi connectivity index (χ2n) is 5.92. The van der Waals surface area contributed by atoms with Crippen LogP contribution in [-0.2, 0) is 13.1 Å². The van der Waals surface area contributed by atoms with Crippen LogP contribution in [0.3, 0.4) is 0 Å². The molecule has 0 bridgehead atoms. The van der Waals surface area contributed by atoms with Gasteiger partial charge in [0.15, 0.2) is 0 Å². The molecule has 1 aliphatic heterocycles. The predicted molar refractivity (Wildman–Crippen MR) is 92.5 cm³/mol. The normalized spacial score (nSPS) is 18.6. The first-order valence-electron chi connectivity index (χ1n) is 8.39. The molecule has 0 spiro atoms. The number of piperidine rings is 1. The zero-order valence-electron chi connectivity index (χ0n) is 13.6. The molecule has 23 heavy (non-hydrogen) atoms. The first-order valence-corrected chi connectivity index (χ1v) is 8.39. The Morgan fingerprint density at radius 3 is 2.87 bits per heavy atom. The van der Waals surface area contributed by atoms with Crippen LogP contribution in [0.4, 0.5) is 0 Å². The van der Waals surface area contributed by atoms with Gasteiger partial charge in [-0.15, -0.1) is 0 Å². The highest BCUT2D eigenvalue weighted by atomic mass is 16.2. The fourth-order valence-corrected chi connectivity index (χ4v) is 3.10. The maximum atomic E-state index is 12.5. The monoisotopic (exact) mass is 312 g/mol. The van der Waals surface area contributed by atoms with Crippen molar-refractivity contribution in [2.24, 2.45) is 0 Å². The molecule has 0 radical (unpaired) electrons. The lowest BCUT2D eigenvalue weighted by atomic mass is 9.99. The van der Waals surface area contributed by atoms with Crippen molar-refractivity contribution in [3.05, 3.63) is 58.3 Å². The van der Waals surface area contributed by atoms with E-state index < -0.39 is 0 Å². The number of hydrogen-bond donors (Lipinski definition) is 1. The fourth-order valence-electron chi connectivity index (χ4n) is 3.10. The Balaban J connectivity index is 1.78. The van der Waals surface area contributed by atoms with E-state index in [1.165, 1.54) is 0 Å². The summed E-state index contributed by atoms with van der Waals surface area (Å²) in [7, 11) is 0. The summed E-state index contributed by atoms with van der Waals surface area (Å²) in [4.78, 5) is 12.5. The van der Waals surface area contributed by atoms with Crippen LogP contribution in [0.25, 0.3) is 6.08 Å². The van der Waals surface area contributed by atoms with E-state index in [0.29, 0.717) is 19.0 Å². The maximum Gasteiger partial charge on any atom is 0.346 e. The average molecular weight is 312 g/mol. The van der Waals surface area contributed by atoms with Gasteiger partial charge in [0.2, 0.25) is 0 Å². The lowest BCUT2D eigenvalue weighted by molar-refractivity contribution is 0.431. The number of nitrogens with one attached hydrogen (secondary N) is 1. The molecule has 2 aromatic rings. The minimum atomic E-state index is -0.00853. The van der Waals surface area contributed by atoms with Crippen molar-refractivity contribution in [3.8, 4) is 0 Å². The molecule has 1 atom stereocenters. The molecule has 3 rings (SSSR count). The van der Waals surface area contributed by atoms with Crippen LogP contribution in [-0.4, -0.2) is 27.4 Å². The van der Waals surface area contributed by atoms with E-state index in [9.17, 15) is 4.79 Å². The van der Waals surface area contributed by atoms with Gasteiger partial charge in [-0.05, 0) is 31.9 Å². The van der Waals surface area contributed by atoms with E-state index in [0.717, 1.165) is 37.3 Å². The largest absolute Gasteiger partial charge is 0.346 e. The van der Waals surface area contributed by atoms with Crippen molar-refractivity contribution < 1.29 is 0 Å². The molecule has 1 fully saturated rings. The molecule has 0 unspecified atom stereocenters. The summed E-state index contributed by atoms with van der Waals surface area (Å²) in [6, 6.07) is 10.1. The lowest BCUT2D eigenvalue weighted by Gasteiger charge is -2.21. The molecule has 1 aromatic heterocycles. The molecule has 2 heterocycles. The smallest absolute Gasteiger partial charge is 0.316 e. The predicted octanol–water partition coefficient (Wildman–Crippen LogP) is 2.25. The number of nitrogens with zero attached hydrogens (tertiary/aromatic N) is 3. The van der Waals surface area contributed by atoms with Gasteiger partial charge in [-0.1, -0.05) is 42.5 Å². The Morgan fingerprint density at radius 1 is 1.35 bits per heavy atom. The summed E-state index contributed by atoms with van der Waals surface area (Å²) in [5, 5.41) is 8.01. The van der Waals surface area contributed by atoms with E-state index in [4.69, 9.17) is 0 Å². The summed E-state index contributed by atoms with van der Waals surface area (Å²) >= 11 is 0. The summed E-state index contributed by atoms with van der Waals surface area (Å²) in [5.41, 5.74) is 1.12. The number of aromatic nitrogens is 3. The third-order valence-electron chi connectivity index (χ3n) is 4.32. The van der Waals surface area contributed by atoms with Crippen LogP contribution >= 0.6 is 0 Å². The molecule has 1 aliphatic rings. The zero-order chi connectivity index (χ0) is 16.1. The van der Waals surface area contributed by atoms with Gasteiger partial charge >= 0.3 is 5.69 Å². The van der Waals surface area contributed by atoms with Crippen molar-refractivity contribution >= 4 is 6.08 Å². The van der Waals surface area contributed by atoms with Crippen molar-refractivity contribution in [2.45, 2.75) is 38.8 Å². The molecule has 0 saturated carbocycles. The third-order valence-corrected chi connectivity index (χ3v) is 4.32. The first kappa shape index (κ1) is 15.7. The van der Waals surface area contributed by atoms with Gasteiger partial charge < -0.3 is 5.32 Å². The molecular weight excluding hydrogens is 288 g/mol. The molecule has 1 N–H and O–H groups in total. The lowest BCUT2D eigenvalue weighted by Crippen LogP contribution is -2.31. The van der Waals surface area contributed by atoms with E-state index in [1.54, 1.807) is 4.68 Å². The Bertz CT molecular complexity index is 708. The second kappa shape index (κ2) is 7.42. The number of rotatable bonds is 5. The van der Waals surface area contributed by atoms with Gasteiger partial charge in [-0.3, -0.25) is 4.57 Å². The van der Waals surface area contributed by atoms with Crippen molar-refractivity contribution in [3.63, 3.8) is 0 Å². The first-order chi connectivity index (χ1) is 11.3. The maximum absolute atomic E-state index is 12.5. The highest BCUT2D eigenvalue weighted by Crippen LogP contribution is 2.20. The third kappa shape index (κ3) is 3.62. The minimum Gasteiger partial charge on any atom is -0.316 e. The average Bonchev–Trinajstić information content (AvgIpc) is 2.93. The van der Waals surface area contributed by atoms with Crippen LogP contribution < -0.4 is 11.0 Å². The van der Waals surface area contributed by atoms with Crippen LogP contribution in [0.1, 0.15) is 37.1 Å². The van der Waals surface area contributed by atoms with Crippen molar-refractivity contribution in [2.75, 3.05) is 13.1 Å². The van der Waals surface area contributed by atoms with Gasteiger partial charge in [0.1, 0.15) is 5.82 Å². The van der Waals surface area contributed by atoms with E-state index in [-0.39, 0.29) is 5.69 Å². The molecular formula is C18H24N4O.